The van der Waals surface area contributed by atoms with Crippen molar-refractivity contribution >= 4 is 11.8 Å². The van der Waals surface area contributed by atoms with Crippen LogP contribution >= 0.6 is 0 Å². The lowest BCUT2D eigenvalue weighted by molar-refractivity contribution is -0.129. The Kier molecular flexibility index (Phi) is 7.64. The van der Waals surface area contributed by atoms with Crippen LogP contribution in [0.5, 0.6) is 0 Å². The van der Waals surface area contributed by atoms with E-state index in [2.05, 4.69) is 24.1 Å². The van der Waals surface area contributed by atoms with E-state index in [0.717, 1.165) is 25.8 Å². The highest BCUT2D eigenvalue weighted by molar-refractivity contribution is 5.94. The van der Waals surface area contributed by atoms with Gasteiger partial charge in [0.1, 0.15) is 5.82 Å². The van der Waals surface area contributed by atoms with E-state index in [1.165, 1.54) is 25.0 Å². The summed E-state index contributed by atoms with van der Waals surface area (Å²) in [5.41, 5.74) is 0.386. The van der Waals surface area contributed by atoms with Crippen LogP contribution in [0.4, 0.5) is 4.39 Å². The van der Waals surface area contributed by atoms with Gasteiger partial charge in [-0.05, 0) is 42.9 Å². The first-order valence-electron chi connectivity index (χ1n) is 11.1. The monoisotopic (exact) mass is 403 g/mol. The Bertz CT molecular complexity index is 697. The van der Waals surface area contributed by atoms with Crippen LogP contribution in [0, 0.1) is 17.7 Å². The predicted molar refractivity (Wildman–Crippen MR) is 112 cm³/mol. The minimum Gasteiger partial charge on any atom is -0.354 e. The summed E-state index contributed by atoms with van der Waals surface area (Å²) in [6.07, 6.45) is 5.64. The SMILES string of the molecule is CC[C@@H](C)CNC(=O)[C@@H](C1CCCC1)N1CCN(C(=O)c2cccc(F)c2)CC1. The van der Waals surface area contributed by atoms with Gasteiger partial charge in [0.25, 0.3) is 5.91 Å². The van der Waals surface area contributed by atoms with Gasteiger partial charge in [0.05, 0.1) is 6.04 Å². The number of rotatable bonds is 7. The molecule has 1 heterocycles. The molecule has 0 spiro atoms. The van der Waals surface area contributed by atoms with Crippen LogP contribution in [-0.2, 0) is 4.79 Å². The van der Waals surface area contributed by atoms with E-state index in [9.17, 15) is 14.0 Å². The summed E-state index contributed by atoms with van der Waals surface area (Å²) in [7, 11) is 0. The zero-order valence-electron chi connectivity index (χ0n) is 17.7. The number of nitrogens with one attached hydrogen (secondary N) is 1. The van der Waals surface area contributed by atoms with Crippen molar-refractivity contribution < 1.29 is 14.0 Å². The molecule has 1 aromatic rings. The predicted octanol–water partition coefficient (Wildman–Crippen LogP) is 3.30. The number of benzene rings is 1. The molecule has 5 nitrogen and oxygen atoms in total. The van der Waals surface area contributed by atoms with Crippen molar-refractivity contribution in [2.45, 2.75) is 52.0 Å². The van der Waals surface area contributed by atoms with Crippen molar-refractivity contribution in [2.24, 2.45) is 11.8 Å². The fourth-order valence-electron chi connectivity index (χ4n) is 4.48. The third-order valence-corrected chi connectivity index (χ3v) is 6.50. The molecule has 3 rings (SSSR count). The van der Waals surface area contributed by atoms with Crippen molar-refractivity contribution in [3.63, 3.8) is 0 Å². The highest BCUT2D eigenvalue weighted by Crippen LogP contribution is 2.31. The van der Waals surface area contributed by atoms with Gasteiger partial charge >= 0.3 is 0 Å². The Balaban J connectivity index is 1.61. The molecule has 1 N–H and O–H groups in total. The molecular weight excluding hydrogens is 369 g/mol. The molecule has 1 aromatic carbocycles. The number of hydrogen-bond acceptors (Lipinski definition) is 3. The van der Waals surface area contributed by atoms with Crippen molar-refractivity contribution in [2.75, 3.05) is 32.7 Å². The van der Waals surface area contributed by atoms with Crippen LogP contribution in [-0.4, -0.2) is 60.4 Å². The van der Waals surface area contributed by atoms with Crippen LogP contribution in [0.15, 0.2) is 24.3 Å². The van der Waals surface area contributed by atoms with Gasteiger partial charge in [-0.2, -0.15) is 0 Å². The second kappa shape index (κ2) is 10.2. The highest BCUT2D eigenvalue weighted by Gasteiger charge is 2.37. The molecule has 2 aliphatic rings. The number of halogens is 1. The van der Waals surface area contributed by atoms with Gasteiger partial charge in [-0.1, -0.05) is 39.2 Å². The molecule has 2 fully saturated rings. The van der Waals surface area contributed by atoms with Gasteiger partial charge in [0.2, 0.25) is 5.91 Å². The Morgan fingerprint density at radius 2 is 1.86 bits per heavy atom. The molecule has 1 aliphatic heterocycles. The highest BCUT2D eigenvalue weighted by atomic mass is 19.1. The molecule has 2 amide bonds. The smallest absolute Gasteiger partial charge is 0.254 e. The normalized spacial score (nSPS) is 20.4. The van der Waals surface area contributed by atoms with E-state index < -0.39 is 5.82 Å². The first-order valence-corrected chi connectivity index (χ1v) is 11.1. The summed E-state index contributed by atoms with van der Waals surface area (Å²) in [6, 6.07) is 5.75. The van der Waals surface area contributed by atoms with Crippen LogP contribution in [0.1, 0.15) is 56.3 Å². The maximum Gasteiger partial charge on any atom is 0.254 e. The lowest BCUT2D eigenvalue weighted by atomic mass is 9.94. The molecule has 0 bridgehead atoms. The molecule has 0 aromatic heterocycles. The van der Waals surface area contributed by atoms with Gasteiger partial charge in [-0.25, -0.2) is 4.39 Å². The average molecular weight is 404 g/mol. The lowest BCUT2D eigenvalue weighted by Crippen LogP contribution is -2.58. The van der Waals surface area contributed by atoms with E-state index in [0.29, 0.717) is 43.6 Å². The minimum atomic E-state index is -0.395. The molecule has 6 heteroatoms. The molecular formula is C23H34FN3O2. The first kappa shape index (κ1) is 21.8. The Labute approximate surface area is 173 Å². The van der Waals surface area contributed by atoms with Crippen LogP contribution < -0.4 is 5.32 Å². The summed E-state index contributed by atoms with van der Waals surface area (Å²) in [4.78, 5) is 29.8. The van der Waals surface area contributed by atoms with Crippen molar-refractivity contribution in [3.05, 3.63) is 35.6 Å². The molecule has 1 aliphatic carbocycles. The standard InChI is InChI=1S/C23H34FN3O2/c1-3-17(2)16-25-22(28)21(18-7-4-5-8-18)26-11-13-27(14-12-26)23(29)19-9-6-10-20(24)15-19/h6,9-10,15,17-18,21H,3-5,7-8,11-14,16H2,1-2H3,(H,25,28)/t17-,21-/m1/s1. The Morgan fingerprint density at radius 1 is 1.17 bits per heavy atom. The van der Waals surface area contributed by atoms with Crippen LogP contribution in [0.25, 0.3) is 0 Å². The van der Waals surface area contributed by atoms with Crippen LogP contribution in [0.3, 0.4) is 0 Å². The largest absolute Gasteiger partial charge is 0.354 e. The Hall–Kier alpha value is -1.95. The summed E-state index contributed by atoms with van der Waals surface area (Å²) < 4.78 is 13.5. The zero-order chi connectivity index (χ0) is 20.8. The fourth-order valence-corrected chi connectivity index (χ4v) is 4.48. The minimum absolute atomic E-state index is 0.104. The number of piperazine rings is 1. The Morgan fingerprint density at radius 3 is 2.48 bits per heavy atom. The topological polar surface area (TPSA) is 52.7 Å². The fraction of sp³-hybridized carbons (Fsp3) is 0.652. The molecule has 0 unspecified atom stereocenters. The summed E-state index contributed by atoms with van der Waals surface area (Å²) in [6.45, 7) is 7.50. The van der Waals surface area contributed by atoms with E-state index in [4.69, 9.17) is 0 Å². The number of nitrogens with zero attached hydrogens (tertiary/aromatic N) is 2. The van der Waals surface area contributed by atoms with Gasteiger partial charge in [0, 0.05) is 38.3 Å². The third kappa shape index (κ3) is 5.56. The number of carbonyl (C=O) groups excluding carboxylic acids is 2. The van der Waals surface area contributed by atoms with E-state index in [-0.39, 0.29) is 17.9 Å². The molecule has 2 atom stereocenters. The van der Waals surface area contributed by atoms with Crippen LogP contribution in [0.2, 0.25) is 0 Å². The third-order valence-electron chi connectivity index (χ3n) is 6.50. The zero-order valence-corrected chi connectivity index (χ0v) is 17.7. The van der Waals surface area contributed by atoms with Gasteiger partial charge in [-0.15, -0.1) is 0 Å². The van der Waals surface area contributed by atoms with Gasteiger partial charge in [0.15, 0.2) is 0 Å². The number of amides is 2. The summed E-state index contributed by atoms with van der Waals surface area (Å²) in [5.74, 6) is 0.486. The quantitative estimate of drug-likeness (QED) is 0.760. The second-order valence-corrected chi connectivity index (χ2v) is 8.59. The van der Waals surface area contributed by atoms with Crippen molar-refractivity contribution in [1.29, 1.82) is 0 Å². The maximum absolute atomic E-state index is 13.5. The maximum atomic E-state index is 13.5. The van der Waals surface area contributed by atoms with E-state index in [1.807, 2.05) is 0 Å². The average Bonchev–Trinajstić information content (AvgIpc) is 3.26. The molecule has 29 heavy (non-hydrogen) atoms. The first-order chi connectivity index (χ1) is 14.0. The number of carbonyl (C=O) groups is 2. The van der Waals surface area contributed by atoms with E-state index >= 15 is 0 Å². The van der Waals surface area contributed by atoms with Gasteiger partial charge in [-0.3, -0.25) is 14.5 Å². The summed E-state index contributed by atoms with van der Waals surface area (Å²) >= 11 is 0. The molecule has 160 valence electrons. The van der Waals surface area contributed by atoms with E-state index in [1.54, 1.807) is 17.0 Å². The summed E-state index contributed by atoms with van der Waals surface area (Å²) in [5, 5.41) is 3.17. The molecule has 0 radical (unpaired) electrons. The lowest BCUT2D eigenvalue weighted by Gasteiger charge is -2.41. The number of hydrogen-bond donors (Lipinski definition) is 1. The molecule has 1 saturated heterocycles. The van der Waals surface area contributed by atoms with Crippen molar-refractivity contribution in [1.82, 2.24) is 15.1 Å². The van der Waals surface area contributed by atoms with Crippen molar-refractivity contribution in [3.8, 4) is 0 Å². The second-order valence-electron chi connectivity index (χ2n) is 8.59. The molecule has 1 saturated carbocycles. The van der Waals surface area contributed by atoms with Gasteiger partial charge < -0.3 is 10.2 Å².